The van der Waals surface area contributed by atoms with Gasteiger partial charge in [-0.25, -0.2) is 0 Å². The molecule has 1 N–H and O–H groups in total. The molecule has 1 aromatic rings. The van der Waals surface area contributed by atoms with Gasteiger partial charge in [0.15, 0.2) is 0 Å². The lowest BCUT2D eigenvalue weighted by Crippen LogP contribution is -2.52. The molecule has 2 unspecified atom stereocenters. The fourth-order valence-electron chi connectivity index (χ4n) is 3.10. The molecular weight excluding hydrogens is 238 g/mol. The zero-order valence-corrected chi connectivity index (χ0v) is 12.7. The van der Waals surface area contributed by atoms with Gasteiger partial charge in [-0.1, -0.05) is 0 Å². The SMILES string of the molecule is CCn1nc(C)cc1CC(NC)C1(C)CCCCO1. The number of hydrogen-bond donors (Lipinski definition) is 1. The Kier molecular flexibility index (Phi) is 4.63. The zero-order chi connectivity index (χ0) is 13.9. The molecule has 1 saturated heterocycles. The van der Waals surface area contributed by atoms with Crippen LogP contribution in [0.1, 0.15) is 44.5 Å². The Hall–Kier alpha value is -0.870. The summed E-state index contributed by atoms with van der Waals surface area (Å²) in [6.45, 7) is 8.26. The highest BCUT2D eigenvalue weighted by molar-refractivity contribution is 5.12. The van der Waals surface area contributed by atoms with Gasteiger partial charge < -0.3 is 10.1 Å². The Balaban J connectivity index is 2.13. The highest BCUT2D eigenvalue weighted by Gasteiger charge is 2.36. The van der Waals surface area contributed by atoms with Crippen molar-refractivity contribution in [2.45, 2.75) is 64.6 Å². The molecule has 1 aliphatic rings. The quantitative estimate of drug-likeness (QED) is 0.888. The Bertz CT molecular complexity index is 408. The van der Waals surface area contributed by atoms with Crippen LogP contribution < -0.4 is 5.32 Å². The lowest BCUT2D eigenvalue weighted by atomic mass is 9.85. The van der Waals surface area contributed by atoms with Crippen molar-refractivity contribution in [2.75, 3.05) is 13.7 Å². The minimum atomic E-state index is -0.0518. The molecule has 2 rings (SSSR count). The third-order valence-electron chi connectivity index (χ3n) is 4.28. The molecule has 0 aromatic carbocycles. The van der Waals surface area contributed by atoms with E-state index in [-0.39, 0.29) is 5.60 Å². The fourth-order valence-corrected chi connectivity index (χ4v) is 3.10. The fraction of sp³-hybridized carbons (Fsp3) is 0.800. The summed E-state index contributed by atoms with van der Waals surface area (Å²) in [5.74, 6) is 0. The minimum Gasteiger partial charge on any atom is -0.374 e. The van der Waals surface area contributed by atoms with Gasteiger partial charge in [-0.3, -0.25) is 4.68 Å². The van der Waals surface area contributed by atoms with Crippen molar-refractivity contribution in [2.24, 2.45) is 0 Å². The molecule has 1 aromatic heterocycles. The van der Waals surface area contributed by atoms with Crippen molar-refractivity contribution >= 4 is 0 Å². The second-order valence-electron chi connectivity index (χ2n) is 5.76. The van der Waals surface area contributed by atoms with Gasteiger partial charge in [0.2, 0.25) is 0 Å². The summed E-state index contributed by atoms with van der Waals surface area (Å²) in [5, 5.41) is 7.99. The first-order chi connectivity index (χ1) is 9.09. The van der Waals surface area contributed by atoms with E-state index < -0.39 is 0 Å². The Morgan fingerprint density at radius 1 is 1.53 bits per heavy atom. The molecule has 108 valence electrons. The van der Waals surface area contributed by atoms with E-state index in [9.17, 15) is 0 Å². The number of ether oxygens (including phenoxy) is 1. The van der Waals surface area contributed by atoms with Crippen molar-refractivity contribution < 1.29 is 4.74 Å². The lowest BCUT2D eigenvalue weighted by Gasteiger charge is -2.40. The summed E-state index contributed by atoms with van der Waals surface area (Å²) < 4.78 is 8.18. The highest BCUT2D eigenvalue weighted by atomic mass is 16.5. The van der Waals surface area contributed by atoms with Crippen LogP contribution in [0.25, 0.3) is 0 Å². The van der Waals surface area contributed by atoms with Gasteiger partial charge in [0, 0.05) is 31.3 Å². The topological polar surface area (TPSA) is 39.1 Å². The largest absolute Gasteiger partial charge is 0.374 e. The summed E-state index contributed by atoms with van der Waals surface area (Å²) in [7, 11) is 2.04. The lowest BCUT2D eigenvalue weighted by molar-refractivity contribution is -0.0873. The van der Waals surface area contributed by atoms with Crippen molar-refractivity contribution in [3.8, 4) is 0 Å². The molecule has 0 amide bonds. The van der Waals surface area contributed by atoms with E-state index in [2.05, 4.69) is 41.9 Å². The monoisotopic (exact) mass is 265 g/mol. The number of nitrogens with one attached hydrogen (secondary N) is 1. The molecule has 2 atom stereocenters. The highest BCUT2D eigenvalue weighted by Crippen LogP contribution is 2.29. The molecule has 2 heterocycles. The second-order valence-corrected chi connectivity index (χ2v) is 5.76. The van der Waals surface area contributed by atoms with Crippen LogP contribution in [0.15, 0.2) is 6.07 Å². The molecule has 4 nitrogen and oxygen atoms in total. The van der Waals surface area contributed by atoms with E-state index >= 15 is 0 Å². The third kappa shape index (κ3) is 3.18. The van der Waals surface area contributed by atoms with Gasteiger partial charge in [0.1, 0.15) is 0 Å². The maximum absolute atomic E-state index is 6.08. The van der Waals surface area contributed by atoms with E-state index in [0.717, 1.165) is 31.7 Å². The van der Waals surface area contributed by atoms with Crippen LogP contribution in [0.3, 0.4) is 0 Å². The molecule has 1 fully saturated rings. The number of aromatic nitrogens is 2. The predicted molar refractivity (Wildman–Crippen MR) is 77.4 cm³/mol. The van der Waals surface area contributed by atoms with Gasteiger partial charge in [-0.05, 0) is 53.1 Å². The van der Waals surface area contributed by atoms with Gasteiger partial charge >= 0.3 is 0 Å². The number of rotatable bonds is 5. The molecule has 0 radical (unpaired) electrons. The second kappa shape index (κ2) is 6.06. The molecule has 1 aliphatic heterocycles. The molecule has 4 heteroatoms. The van der Waals surface area contributed by atoms with Gasteiger partial charge in [-0.2, -0.15) is 5.10 Å². The number of likely N-dealkylation sites (N-methyl/N-ethyl adjacent to an activating group) is 1. The van der Waals surface area contributed by atoms with Crippen molar-refractivity contribution in [1.82, 2.24) is 15.1 Å². The normalized spacial score (nSPS) is 25.5. The minimum absolute atomic E-state index is 0.0518. The van der Waals surface area contributed by atoms with Crippen LogP contribution in [-0.2, 0) is 17.7 Å². The summed E-state index contributed by atoms with van der Waals surface area (Å²) in [5.41, 5.74) is 2.35. The third-order valence-corrected chi connectivity index (χ3v) is 4.28. The van der Waals surface area contributed by atoms with Crippen molar-refractivity contribution in [3.05, 3.63) is 17.5 Å². The standard InChI is InChI=1S/C15H27N3O/c1-5-18-13(10-12(2)17-18)11-14(16-4)15(3)8-6-7-9-19-15/h10,14,16H,5-9,11H2,1-4H3. The van der Waals surface area contributed by atoms with Crippen LogP contribution >= 0.6 is 0 Å². The summed E-state index contributed by atoms with van der Waals surface area (Å²) >= 11 is 0. The van der Waals surface area contributed by atoms with Gasteiger partial charge in [0.25, 0.3) is 0 Å². The molecular formula is C15H27N3O. The Morgan fingerprint density at radius 2 is 2.32 bits per heavy atom. The summed E-state index contributed by atoms with van der Waals surface area (Å²) in [4.78, 5) is 0. The molecule has 0 bridgehead atoms. The Morgan fingerprint density at radius 3 is 2.89 bits per heavy atom. The van der Waals surface area contributed by atoms with Crippen molar-refractivity contribution in [1.29, 1.82) is 0 Å². The first-order valence-electron chi connectivity index (χ1n) is 7.43. The molecule has 0 saturated carbocycles. The summed E-state index contributed by atoms with van der Waals surface area (Å²) in [6, 6.07) is 2.54. The van der Waals surface area contributed by atoms with Crippen LogP contribution in [0.4, 0.5) is 0 Å². The van der Waals surface area contributed by atoms with Crippen LogP contribution in [0.5, 0.6) is 0 Å². The van der Waals surface area contributed by atoms with Gasteiger partial charge in [-0.15, -0.1) is 0 Å². The average Bonchev–Trinajstić information content (AvgIpc) is 2.76. The average molecular weight is 265 g/mol. The van der Waals surface area contributed by atoms with Gasteiger partial charge in [0.05, 0.1) is 11.3 Å². The number of aryl methyl sites for hydroxylation is 2. The number of nitrogens with zero attached hydrogens (tertiary/aromatic N) is 2. The predicted octanol–water partition coefficient (Wildman–Crippen LogP) is 2.30. The first kappa shape index (κ1) is 14.5. The smallest absolute Gasteiger partial charge is 0.0810 e. The van der Waals surface area contributed by atoms with E-state index in [1.165, 1.54) is 18.5 Å². The van der Waals surface area contributed by atoms with E-state index in [1.807, 2.05) is 7.05 Å². The maximum atomic E-state index is 6.08. The van der Waals surface area contributed by atoms with E-state index in [4.69, 9.17) is 4.74 Å². The van der Waals surface area contributed by atoms with E-state index in [0.29, 0.717) is 6.04 Å². The van der Waals surface area contributed by atoms with Crippen LogP contribution in [0.2, 0.25) is 0 Å². The zero-order valence-electron chi connectivity index (χ0n) is 12.7. The Labute approximate surface area is 116 Å². The molecule has 0 aliphatic carbocycles. The van der Waals surface area contributed by atoms with Crippen LogP contribution in [0, 0.1) is 6.92 Å². The number of hydrogen-bond acceptors (Lipinski definition) is 3. The maximum Gasteiger partial charge on any atom is 0.0810 e. The van der Waals surface area contributed by atoms with Crippen molar-refractivity contribution in [3.63, 3.8) is 0 Å². The first-order valence-corrected chi connectivity index (χ1v) is 7.43. The van der Waals surface area contributed by atoms with E-state index in [1.54, 1.807) is 0 Å². The molecule has 0 spiro atoms. The van der Waals surface area contributed by atoms with Crippen LogP contribution in [-0.4, -0.2) is 35.1 Å². The molecule has 19 heavy (non-hydrogen) atoms. The summed E-state index contributed by atoms with van der Waals surface area (Å²) in [6.07, 6.45) is 4.57.